The summed E-state index contributed by atoms with van der Waals surface area (Å²) in [4.78, 5) is 14.5. The molecule has 2 rings (SSSR count). The molecule has 2 aromatic rings. The van der Waals surface area contributed by atoms with Crippen molar-refractivity contribution in [1.82, 2.24) is 9.47 Å². The minimum atomic E-state index is -0.968. The molecule has 1 unspecified atom stereocenters. The van der Waals surface area contributed by atoms with Gasteiger partial charge in [0.05, 0.1) is 12.6 Å². The molecule has 1 N–H and O–H groups in total. The molecular weight excluding hydrogens is 336 g/mol. The molecule has 1 aromatic carbocycles. The van der Waals surface area contributed by atoms with Crippen molar-refractivity contribution < 1.29 is 24.1 Å². The molecule has 0 saturated heterocycles. The van der Waals surface area contributed by atoms with Crippen LogP contribution in [0.5, 0.6) is 5.75 Å². The first-order valence-electron chi connectivity index (χ1n) is 8.63. The summed E-state index contributed by atoms with van der Waals surface area (Å²) in [6.07, 6.45) is 1.06. The highest BCUT2D eigenvalue weighted by atomic mass is 16.7. The zero-order valence-corrected chi connectivity index (χ0v) is 16.1. The first-order chi connectivity index (χ1) is 12.3. The van der Waals surface area contributed by atoms with Crippen molar-refractivity contribution in [3.8, 4) is 5.75 Å². The minimum absolute atomic E-state index is 0.0776. The van der Waals surface area contributed by atoms with Crippen LogP contribution in [0.25, 0.3) is 10.9 Å². The Morgan fingerprint density at radius 1 is 1.31 bits per heavy atom. The van der Waals surface area contributed by atoms with E-state index in [-0.39, 0.29) is 12.7 Å². The normalized spacial score (nSPS) is 12.8. The number of hydrogen-bond acceptors (Lipinski definition) is 6. The molecule has 0 radical (unpaired) electrons. The van der Waals surface area contributed by atoms with E-state index in [0.717, 1.165) is 35.2 Å². The SMILES string of the molecule is COc1ccc2c(c1)c(CCN(C)C)cn2C(=O)OCOC(O)C(C)C. The maximum absolute atomic E-state index is 12.5. The zero-order chi connectivity index (χ0) is 19.3. The fourth-order valence-electron chi connectivity index (χ4n) is 2.51. The third kappa shape index (κ3) is 4.97. The average molecular weight is 364 g/mol. The monoisotopic (exact) mass is 364 g/mol. The number of rotatable bonds is 8. The quantitative estimate of drug-likeness (QED) is 0.726. The molecule has 0 spiro atoms. The fraction of sp³-hybridized carbons (Fsp3) is 0.526. The second-order valence-electron chi connectivity index (χ2n) is 6.79. The molecular formula is C19H28N2O5. The number of aliphatic hydroxyl groups is 1. The highest BCUT2D eigenvalue weighted by molar-refractivity contribution is 5.92. The van der Waals surface area contributed by atoms with E-state index in [1.807, 2.05) is 40.1 Å². The van der Waals surface area contributed by atoms with Crippen LogP contribution in [0.15, 0.2) is 24.4 Å². The van der Waals surface area contributed by atoms with E-state index in [1.54, 1.807) is 19.4 Å². The molecule has 0 saturated carbocycles. The third-order valence-corrected chi connectivity index (χ3v) is 4.11. The van der Waals surface area contributed by atoms with Gasteiger partial charge < -0.3 is 24.2 Å². The first kappa shape index (κ1) is 20.2. The fourth-order valence-corrected chi connectivity index (χ4v) is 2.51. The van der Waals surface area contributed by atoms with Crippen LogP contribution in [0.3, 0.4) is 0 Å². The Labute approximate surface area is 154 Å². The summed E-state index contributed by atoms with van der Waals surface area (Å²) in [5, 5.41) is 10.6. The zero-order valence-electron chi connectivity index (χ0n) is 16.1. The predicted octanol–water partition coefficient (Wildman–Crippen LogP) is 2.69. The van der Waals surface area contributed by atoms with E-state index >= 15 is 0 Å². The van der Waals surface area contributed by atoms with Gasteiger partial charge in [-0.05, 0) is 44.3 Å². The molecule has 0 bridgehead atoms. The Morgan fingerprint density at radius 3 is 2.65 bits per heavy atom. The standard InChI is InChI=1S/C19H28N2O5/c1-13(2)18(22)25-12-26-19(23)21-11-14(8-9-20(3)4)16-10-15(24-5)6-7-17(16)21/h6-7,10-11,13,18,22H,8-9,12H2,1-5H3. The lowest BCUT2D eigenvalue weighted by molar-refractivity contribution is -0.171. The van der Waals surface area contributed by atoms with Crippen LogP contribution in [0.2, 0.25) is 0 Å². The van der Waals surface area contributed by atoms with Crippen LogP contribution < -0.4 is 4.74 Å². The maximum Gasteiger partial charge on any atom is 0.420 e. The van der Waals surface area contributed by atoms with Crippen molar-refractivity contribution in [3.63, 3.8) is 0 Å². The highest BCUT2D eigenvalue weighted by Gasteiger charge is 2.17. The van der Waals surface area contributed by atoms with Crippen molar-refractivity contribution in [2.24, 2.45) is 5.92 Å². The summed E-state index contributed by atoms with van der Waals surface area (Å²) in [5.74, 6) is 0.657. The Kier molecular flexibility index (Phi) is 7.02. The van der Waals surface area contributed by atoms with Crippen molar-refractivity contribution in [2.75, 3.05) is 34.5 Å². The second-order valence-corrected chi connectivity index (χ2v) is 6.79. The number of methoxy groups -OCH3 is 1. The van der Waals surface area contributed by atoms with E-state index in [1.165, 1.54) is 4.57 Å². The van der Waals surface area contributed by atoms with Gasteiger partial charge in [0.25, 0.3) is 0 Å². The van der Waals surface area contributed by atoms with Crippen LogP contribution in [-0.4, -0.2) is 61.5 Å². The van der Waals surface area contributed by atoms with Crippen molar-refractivity contribution in [3.05, 3.63) is 30.0 Å². The molecule has 26 heavy (non-hydrogen) atoms. The average Bonchev–Trinajstić information content (AvgIpc) is 2.97. The van der Waals surface area contributed by atoms with E-state index in [4.69, 9.17) is 14.2 Å². The number of aliphatic hydroxyl groups excluding tert-OH is 1. The molecule has 1 aromatic heterocycles. The molecule has 7 heteroatoms. The molecule has 0 amide bonds. The summed E-state index contributed by atoms with van der Waals surface area (Å²) in [7, 11) is 5.63. The summed E-state index contributed by atoms with van der Waals surface area (Å²) in [6, 6.07) is 5.56. The Balaban J connectivity index is 2.21. The summed E-state index contributed by atoms with van der Waals surface area (Å²) in [5.41, 5.74) is 1.78. The summed E-state index contributed by atoms with van der Waals surface area (Å²) >= 11 is 0. The van der Waals surface area contributed by atoms with Gasteiger partial charge in [-0.3, -0.25) is 4.57 Å². The molecule has 7 nitrogen and oxygen atoms in total. The van der Waals surface area contributed by atoms with Gasteiger partial charge in [0.15, 0.2) is 13.1 Å². The lowest BCUT2D eigenvalue weighted by Crippen LogP contribution is -2.23. The number of fused-ring (bicyclic) bond motifs is 1. The van der Waals surface area contributed by atoms with Gasteiger partial charge in [0.1, 0.15) is 5.75 Å². The maximum atomic E-state index is 12.5. The minimum Gasteiger partial charge on any atom is -0.497 e. The van der Waals surface area contributed by atoms with Crippen LogP contribution in [0, 0.1) is 5.92 Å². The number of carbonyl (C=O) groups excluding carboxylic acids is 1. The number of aromatic nitrogens is 1. The van der Waals surface area contributed by atoms with E-state index in [2.05, 4.69) is 4.90 Å². The van der Waals surface area contributed by atoms with Gasteiger partial charge in [0.2, 0.25) is 0 Å². The smallest absolute Gasteiger partial charge is 0.420 e. The van der Waals surface area contributed by atoms with Gasteiger partial charge in [-0.1, -0.05) is 13.8 Å². The van der Waals surface area contributed by atoms with Crippen LogP contribution in [0.1, 0.15) is 19.4 Å². The summed E-state index contributed by atoms with van der Waals surface area (Å²) in [6.45, 7) is 4.18. The highest BCUT2D eigenvalue weighted by Crippen LogP contribution is 2.27. The molecule has 1 heterocycles. The van der Waals surface area contributed by atoms with Crippen molar-refractivity contribution >= 4 is 17.0 Å². The third-order valence-electron chi connectivity index (χ3n) is 4.11. The van der Waals surface area contributed by atoms with Crippen molar-refractivity contribution in [1.29, 1.82) is 0 Å². The predicted molar refractivity (Wildman–Crippen MR) is 99.4 cm³/mol. The Bertz CT molecular complexity index is 739. The Morgan fingerprint density at radius 2 is 2.04 bits per heavy atom. The van der Waals surface area contributed by atoms with Crippen LogP contribution in [-0.2, 0) is 15.9 Å². The number of nitrogens with zero attached hydrogens (tertiary/aromatic N) is 2. The van der Waals surface area contributed by atoms with Gasteiger partial charge in [-0.15, -0.1) is 0 Å². The summed E-state index contributed by atoms with van der Waals surface area (Å²) < 4.78 is 17.0. The molecule has 1 atom stereocenters. The van der Waals surface area contributed by atoms with E-state index < -0.39 is 12.4 Å². The van der Waals surface area contributed by atoms with Crippen LogP contribution >= 0.6 is 0 Å². The number of hydrogen-bond donors (Lipinski definition) is 1. The van der Waals surface area contributed by atoms with Gasteiger partial charge in [-0.25, -0.2) is 4.79 Å². The number of likely N-dealkylation sites (N-methyl/N-ethyl adjacent to an activating group) is 1. The largest absolute Gasteiger partial charge is 0.497 e. The molecule has 0 aliphatic heterocycles. The van der Waals surface area contributed by atoms with Gasteiger partial charge in [-0.2, -0.15) is 0 Å². The second kappa shape index (κ2) is 9.02. The molecule has 0 aliphatic rings. The number of ether oxygens (including phenoxy) is 3. The number of benzene rings is 1. The lowest BCUT2D eigenvalue weighted by atomic mass is 10.1. The van der Waals surface area contributed by atoms with Gasteiger partial charge in [0, 0.05) is 24.0 Å². The van der Waals surface area contributed by atoms with Crippen LogP contribution in [0.4, 0.5) is 4.79 Å². The van der Waals surface area contributed by atoms with E-state index in [9.17, 15) is 9.90 Å². The topological polar surface area (TPSA) is 73.2 Å². The van der Waals surface area contributed by atoms with E-state index in [0.29, 0.717) is 0 Å². The first-order valence-corrected chi connectivity index (χ1v) is 8.63. The molecule has 144 valence electrons. The lowest BCUT2D eigenvalue weighted by Gasteiger charge is -2.15. The van der Waals surface area contributed by atoms with Gasteiger partial charge >= 0.3 is 6.09 Å². The Hall–Kier alpha value is -2.09. The molecule has 0 fully saturated rings. The molecule has 0 aliphatic carbocycles. The number of carbonyl (C=O) groups is 1. The van der Waals surface area contributed by atoms with Crippen molar-refractivity contribution in [2.45, 2.75) is 26.6 Å².